The third-order valence-corrected chi connectivity index (χ3v) is 5.81. The molecule has 0 aromatic rings. The fourth-order valence-corrected chi connectivity index (χ4v) is 3.98. The highest BCUT2D eigenvalue weighted by Crippen LogP contribution is 2.33. The molecule has 8 nitrogen and oxygen atoms in total. The summed E-state index contributed by atoms with van der Waals surface area (Å²) in [7, 11) is -14.1. The highest BCUT2D eigenvalue weighted by molar-refractivity contribution is 7.98. The van der Waals surface area contributed by atoms with Crippen LogP contribution in [0.5, 0.6) is 0 Å². The molecule has 0 aromatic carbocycles. The van der Waals surface area contributed by atoms with Gasteiger partial charge < -0.3 is 9.47 Å². The molecule has 1 aliphatic heterocycles. The van der Waals surface area contributed by atoms with Crippen molar-refractivity contribution in [2.24, 2.45) is 0 Å². The lowest BCUT2D eigenvalue weighted by atomic mass is 10.3. The van der Waals surface area contributed by atoms with E-state index in [-0.39, 0.29) is 0 Å². The molecule has 1 rings (SSSR count). The second kappa shape index (κ2) is 5.81. The van der Waals surface area contributed by atoms with Crippen LogP contribution in [-0.4, -0.2) is 49.9 Å². The molecule has 0 atom stereocenters. The number of rotatable bonds is 2. The number of ether oxygens (including phenoxy) is 2. The second-order valence-electron chi connectivity index (χ2n) is 3.80. The summed E-state index contributed by atoms with van der Waals surface area (Å²) < 4.78 is 126. The first kappa shape index (κ1) is 19.5. The van der Waals surface area contributed by atoms with Gasteiger partial charge in [0.25, 0.3) is 0 Å². The summed E-state index contributed by atoms with van der Waals surface area (Å²) in [6.45, 7) is -0.533. The Balaban J connectivity index is 3.81. The average Bonchev–Trinajstić information content (AvgIpc) is 2.50. The number of carbonyl (C=O) groups excluding carboxylic acids is 1. The fraction of sp³-hybridized carbons (Fsp3) is 0.714. The van der Waals surface area contributed by atoms with Crippen molar-refractivity contribution in [1.29, 1.82) is 0 Å². The van der Waals surface area contributed by atoms with Crippen LogP contribution in [0.2, 0.25) is 0 Å². The van der Waals surface area contributed by atoms with Crippen LogP contribution in [0.25, 0.3) is 0 Å². The van der Waals surface area contributed by atoms with Crippen LogP contribution in [0.15, 0.2) is 0 Å². The normalized spacial score (nSPS) is 18.0. The molecule has 23 heavy (non-hydrogen) atoms. The molecule has 0 aromatic heterocycles. The van der Waals surface area contributed by atoms with Gasteiger partial charge in [0, 0.05) is 3.39 Å². The molecule has 1 fully saturated rings. The molecule has 0 unspecified atom stereocenters. The van der Waals surface area contributed by atoms with Gasteiger partial charge in [0.2, 0.25) is 0 Å². The van der Waals surface area contributed by atoms with Gasteiger partial charge in [-0.3, -0.25) is 0 Å². The first-order valence-corrected chi connectivity index (χ1v) is 8.14. The smallest absolute Gasteiger partial charge is 0.434 e. The summed E-state index contributed by atoms with van der Waals surface area (Å²) in [4.78, 5) is 10.9. The van der Waals surface area contributed by atoms with Crippen LogP contribution in [0, 0.1) is 0 Å². The van der Waals surface area contributed by atoms with Crippen LogP contribution in [0.4, 0.5) is 31.1 Å². The lowest BCUT2D eigenvalue weighted by molar-refractivity contribution is -0.244. The zero-order chi connectivity index (χ0) is 18.3. The van der Waals surface area contributed by atoms with Gasteiger partial charge in [-0.05, 0) is 6.42 Å². The Morgan fingerprint density at radius 2 is 1.35 bits per heavy atom. The Bertz CT molecular complexity index is 686. The van der Waals surface area contributed by atoms with Gasteiger partial charge in [-0.15, -0.1) is 0 Å². The summed E-state index contributed by atoms with van der Waals surface area (Å²) in [5, 5.41) is 0. The van der Waals surface area contributed by atoms with Gasteiger partial charge in [-0.1, -0.05) is 0 Å². The SMILES string of the molecule is O=C1OCCCC(=[N+](S(=O)(=O)C(F)(F)F)S(=O)(=O)C(F)(F)F)O1. The predicted molar refractivity (Wildman–Crippen MR) is 56.9 cm³/mol. The highest BCUT2D eigenvalue weighted by atomic mass is 32.3. The number of cyclic esters (lactones) is 2. The molecule has 16 heteroatoms. The molecule has 0 amide bonds. The summed E-state index contributed by atoms with van der Waals surface area (Å²) in [5.74, 6) is -1.89. The third kappa shape index (κ3) is 3.67. The van der Waals surface area contributed by atoms with E-state index in [9.17, 15) is 48.0 Å². The van der Waals surface area contributed by atoms with Crippen molar-refractivity contribution >= 4 is 32.1 Å². The van der Waals surface area contributed by atoms with Gasteiger partial charge in [0.1, 0.15) is 0 Å². The van der Waals surface area contributed by atoms with E-state index < -0.39 is 66.0 Å². The van der Waals surface area contributed by atoms with Crippen LogP contribution in [0.1, 0.15) is 12.8 Å². The standard InChI is InChI=1S/C7H6F6NO7S2/c8-6(9,10)22(16,17)14(23(18,19)7(11,12)13)4-2-1-3-20-5(15)21-4/h1-3H2/q+1. The van der Waals surface area contributed by atoms with Crippen LogP contribution in [-0.2, 0) is 29.5 Å². The van der Waals surface area contributed by atoms with E-state index in [0.29, 0.717) is 0 Å². The summed E-state index contributed by atoms with van der Waals surface area (Å²) in [6, 6.07) is 0. The van der Waals surface area contributed by atoms with Gasteiger partial charge in [0.15, 0.2) is 0 Å². The molecular formula is C7H6F6NO7S2+. The fourth-order valence-electron chi connectivity index (χ4n) is 1.27. The zero-order valence-electron chi connectivity index (χ0n) is 10.5. The van der Waals surface area contributed by atoms with Crippen LogP contribution < -0.4 is 0 Å². The second-order valence-corrected chi connectivity index (χ2v) is 7.58. The molecule has 0 aliphatic carbocycles. The lowest BCUT2D eigenvalue weighted by Crippen LogP contribution is -2.46. The maximum Gasteiger partial charge on any atom is 0.561 e. The van der Waals surface area contributed by atoms with Crippen LogP contribution in [0.3, 0.4) is 0 Å². The molecular weight excluding hydrogens is 388 g/mol. The maximum atomic E-state index is 12.5. The van der Waals surface area contributed by atoms with E-state index in [1.807, 2.05) is 0 Å². The molecule has 0 N–H and O–H groups in total. The van der Waals surface area contributed by atoms with E-state index in [0.717, 1.165) is 0 Å². The Morgan fingerprint density at radius 1 is 0.913 bits per heavy atom. The van der Waals surface area contributed by atoms with E-state index in [2.05, 4.69) is 9.47 Å². The maximum absolute atomic E-state index is 12.5. The summed E-state index contributed by atoms with van der Waals surface area (Å²) in [5.41, 5.74) is -12.8. The molecule has 0 saturated carbocycles. The molecule has 0 bridgehead atoms. The quantitative estimate of drug-likeness (QED) is 0.391. The topological polar surface area (TPSA) is 107 Å². The first-order valence-electron chi connectivity index (χ1n) is 5.26. The number of sulfonamides is 2. The van der Waals surface area contributed by atoms with Crippen molar-refractivity contribution in [1.82, 2.24) is 0 Å². The van der Waals surface area contributed by atoms with Crippen molar-refractivity contribution in [3.63, 3.8) is 0 Å². The van der Waals surface area contributed by atoms with Gasteiger partial charge in [-0.2, -0.15) is 43.2 Å². The third-order valence-electron chi connectivity index (χ3n) is 2.18. The first-order chi connectivity index (χ1) is 10.1. The van der Waals surface area contributed by atoms with Crippen molar-refractivity contribution in [2.45, 2.75) is 23.9 Å². The number of nitrogens with zero attached hydrogens (tertiary/aromatic N) is 1. The summed E-state index contributed by atoms with van der Waals surface area (Å²) >= 11 is 0. The zero-order valence-corrected chi connectivity index (χ0v) is 12.1. The molecule has 0 radical (unpaired) electrons. The minimum atomic E-state index is -7.06. The predicted octanol–water partition coefficient (Wildman–Crippen LogP) is 1.04. The minimum absolute atomic E-state index is 0.474. The van der Waals surface area contributed by atoms with E-state index >= 15 is 0 Å². The molecule has 134 valence electrons. The monoisotopic (exact) mass is 394 g/mol. The number of hydrogen-bond donors (Lipinski definition) is 0. The lowest BCUT2D eigenvalue weighted by Gasteiger charge is -2.10. The minimum Gasteiger partial charge on any atom is -0.434 e. The van der Waals surface area contributed by atoms with Gasteiger partial charge in [0.05, 0.1) is 13.0 Å². The Labute approximate surface area is 124 Å². The largest absolute Gasteiger partial charge is 0.561 e. The summed E-state index contributed by atoms with van der Waals surface area (Å²) in [6.07, 6.45) is -3.37. The van der Waals surface area contributed by atoms with Crippen molar-refractivity contribution in [2.75, 3.05) is 6.61 Å². The number of alkyl halides is 6. The molecule has 0 spiro atoms. The van der Waals surface area contributed by atoms with Crippen molar-refractivity contribution in [3.05, 3.63) is 0 Å². The van der Waals surface area contributed by atoms with Crippen molar-refractivity contribution < 1.29 is 60.8 Å². The molecule has 1 heterocycles. The highest BCUT2D eigenvalue weighted by Gasteiger charge is 2.68. The van der Waals surface area contributed by atoms with Crippen molar-refractivity contribution in [3.8, 4) is 0 Å². The molecule has 1 aliphatic rings. The average molecular weight is 394 g/mol. The number of hydrogen-bond acceptors (Lipinski definition) is 7. The number of halogens is 6. The Hall–Kier alpha value is -1.58. The van der Waals surface area contributed by atoms with Gasteiger partial charge in [-0.25, -0.2) is 4.79 Å². The molecule has 1 saturated heterocycles. The van der Waals surface area contributed by atoms with E-state index in [1.54, 1.807) is 0 Å². The number of carbonyl (C=O) groups is 1. The Kier molecular flexibility index (Phi) is 4.91. The van der Waals surface area contributed by atoms with E-state index in [1.165, 1.54) is 0 Å². The van der Waals surface area contributed by atoms with E-state index in [4.69, 9.17) is 0 Å². The van der Waals surface area contributed by atoms with Crippen LogP contribution >= 0.6 is 0 Å². The van der Waals surface area contributed by atoms with Gasteiger partial charge >= 0.3 is 43.1 Å². The Morgan fingerprint density at radius 3 is 1.74 bits per heavy atom.